The van der Waals surface area contributed by atoms with Crippen LogP contribution in [0.15, 0.2) is 71.6 Å². The van der Waals surface area contributed by atoms with E-state index >= 15 is 0 Å². The van der Waals surface area contributed by atoms with E-state index in [0.29, 0.717) is 11.3 Å². The molecule has 6 nitrogen and oxygen atoms in total. The Morgan fingerprint density at radius 1 is 1.00 bits per heavy atom. The summed E-state index contributed by atoms with van der Waals surface area (Å²) in [5.74, 6) is -1.29. The molecule has 0 radical (unpaired) electrons. The average Bonchev–Trinajstić information content (AvgIpc) is 2.74. The molecule has 0 heterocycles. The van der Waals surface area contributed by atoms with Gasteiger partial charge < -0.3 is 5.32 Å². The molecule has 0 atom stereocenters. The molecule has 0 aromatic heterocycles. The SMILES string of the molecule is CC(=O)c1cccc(NC(=O)c2cc(S(=O)(=O)N(C)c3ccc(F)cc3)ccc2Cl)c1. The molecule has 0 saturated heterocycles. The Morgan fingerprint density at radius 3 is 2.32 bits per heavy atom. The Bertz CT molecular complexity index is 1260. The standard InChI is InChI=1S/C22H18ClFN2O4S/c1-14(27)15-4-3-5-17(12-15)25-22(28)20-13-19(10-11-21(20)23)31(29,30)26(2)18-8-6-16(24)7-9-18/h3-13H,1-2H3,(H,25,28). The number of hydrogen-bond acceptors (Lipinski definition) is 4. The average molecular weight is 461 g/mol. The van der Waals surface area contributed by atoms with E-state index in [2.05, 4.69) is 5.32 Å². The van der Waals surface area contributed by atoms with Crippen LogP contribution in [-0.2, 0) is 10.0 Å². The number of hydrogen-bond donors (Lipinski definition) is 1. The number of sulfonamides is 1. The summed E-state index contributed by atoms with van der Waals surface area (Å²) in [6, 6.07) is 15.1. The predicted molar refractivity (Wildman–Crippen MR) is 118 cm³/mol. The van der Waals surface area contributed by atoms with Gasteiger partial charge in [0.1, 0.15) is 5.82 Å². The molecular formula is C22H18ClFN2O4S. The molecule has 0 saturated carbocycles. The molecule has 3 aromatic carbocycles. The van der Waals surface area contributed by atoms with E-state index in [9.17, 15) is 22.4 Å². The number of carbonyl (C=O) groups is 2. The molecule has 0 bridgehead atoms. The first-order chi connectivity index (χ1) is 14.6. The van der Waals surface area contributed by atoms with Crippen LogP contribution in [0.5, 0.6) is 0 Å². The summed E-state index contributed by atoms with van der Waals surface area (Å²) in [5, 5.41) is 2.67. The third-order valence-electron chi connectivity index (χ3n) is 4.56. The minimum Gasteiger partial charge on any atom is -0.322 e. The van der Waals surface area contributed by atoms with Crippen LogP contribution < -0.4 is 9.62 Å². The van der Waals surface area contributed by atoms with Crippen molar-refractivity contribution in [3.63, 3.8) is 0 Å². The van der Waals surface area contributed by atoms with Gasteiger partial charge in [-0.3, -0.25) is 13.9 Å². The number of halogens is 2. The van der Waals surface area contributed by atoms with Crippen molar-refractivity contribution in [3.05, 3.63) is 88.7 Å². The maximum absolute atomic E-state index is 13.2. The van der Waals surface area contributed by atoms with Gasteiger partial charge in [-0.2, -0.15) is 0 Å². The van der Waals surface area contributed by atoms with Crippen LogP contribution in [0.4, 0.5) is 15.8 Å². The van der Waals surface area contributed by atoms with Crippen molar-refractivity contribution in [2.75, 3.05) is 16.7 Å². The van der Waals surface area contributed by atoms with Gasteiger partial charge in [0, 0.05) is 18.3 Å². The van der Waals surface area contributed by atoms with Crippen LogP contribution in [0.1, 0.15) is 27.6 Å². The highest BCUT2D eigenvalue weighted by Crippen LogP contribution is 2.26. The number of ketones is 1. The maximum Gasteiger partial charge on any atom is 0.264 e. The Balaban J connectivity index is 1.92. The van der Waals surface area contributed by atoms with Crippen molar-refractivity contribution in [2.45, 2.75) is 11.8 Å². The van der Waals surface area contributed by atoms with E-state index in [1.165, 1.54) is 50.4 Å². The Morgan fingerprint density at radius 2 is 1.68 bits per heavy atom. The fraction of sp³-hybridized carbons (Fsp3) is 0.0909. The van der Waals surface area contributed by atoms with Gasteiger partial charge in [-0.1, -0.05) is 23.7 Å². The second-order valence-electron chi connectivity index (χ2n) is 6.68. The van der Waals surface area contributed by atoms with E-state index in [-0.39, 0.29) is 27.0 Å². The first kappa shape index (κ1) is 22.5. The topological polar surface area (TPSA) is 83.5 Å². The maximum atomic E-state index is 13.2. The summed E-state index contributed by atoms with van der Waals surface area (Å²) in [4.78, 5) is 24.1. The second-order valence-corrected chi connectivity index (χ2v) is 9.06. The molecule has 0 aliphatic heterocycles. The molecule has 0 aliphatic carbocycles. The van der Waals surface area contributed by atoms with Gasteiger partial charge in [0.15, 0.2) is 5.78 Å². The fourth-order valence-corrected chi connectivity index (χ4v) is 4.23. The van der Waals surface area contributed by atoms with Crippen LogP contribution >= 0.6 is 11.6 Å². The van der Waals surface area contributed by atoms with E-state index in [1.807, 2.05) is 0 Å². The summed E-state index contributed by atoms with van der Waals surface area (Å²) >= 11 is 6.14. The molecule has 0 spiro atoms. The first-order valence-corrected chi connectivity index (χ1v) is 10.9. The van der Waals surface area contributed by atoms with Gasteiger partial charge in [-0.15, -0.1) is 0 Å². The van der Waals surface area contributed by atoms with Gasteiger partial charge in [-0.05, 0) is 61.5 Å². The predicted octanol–water partition coefficient (Wildman–Crippen LogP) is 4.76. The molecule has 3 rings (SSSR count). The quantitative estimate of drug-likeness (QED) is 0.537. The fourth-order valence-electron chi connectivity index (χ4n) is 2.80. The lowest BCUT2D eigenvalue weighted by atomic mass is 10.1. The number of rotatable bonds is 6. The lowest BCUT2D eigenvalue weighted by Gasteiger charge is -2.20. The molecule has 1 amide bonds. The molecule has 0 aliphatic rings. The van der Waals surface area contributed by atoms with Crippen LogP contribution in [0.2, 0.25) is 5.02 Å². The van der Waals surface area contributed by atoms with Gasteiger partial charge in [-0.25, -0.2) is 12.8 Å². The van der Waals surface area contributed by atoms with Crippen LogP contribution in [0, 0.1) is 5.82 Å². The van der Waals surface area contributed by atoms with Crippen LogP contribution in [-0.4, -0.2) is 27.2 Å². The number of nitrogens with zero attached hydrogens (tertiary/aromatic N) is 1. The zero-order valence-corrected chi connectivity index (χ0v) is 18.2. The van der Waals surface area contributed by atoms with Crippen LogP contribution in [0.25, 0.3) is 0 Å². The Labute approximate surface area is 184 Å². The monoisotopic (exact) mass is 460 g/mol. The summed E-state index contributed by atoms with van der Waals surface area (Å²) in [5.41, 5.74) is 0.985. The number of nitrogens with one attached hydrogen (secondary N) is 1. The third kappa shape index (κ3) is 4.92. The second kappa shape index (κ2) is 8.87. The smallest absolute Gasteiger partial charge is 0.264 e. The van der Waals surface area contributed by atoms with E-state index in [4.69, 9.17) is 11.6 Å². The molecule has 1 N–H and O–H groups in total. The molecular weight excluding hydrogens is 443 g/mol. The Hall–Kier alpha value is -3.23. The largest absolute Gasteiger partial charge is 0.322 e. The first-order valence-electron chi connectivity index (χ1n) is 9.06. The van der Waals surface area contributed by atoms with Crippen molar-refractivity contribution in [1.29, 1.82) is 0 Å². The van der Waals surface area contributed by atoms with Gasteiger partial charge >= 0.3 is 0 Å². The van der Waals surface area contributed by atoms with E-state index in [0.717, 1.165) is 16.4 Å². The van der Waals surface area contributed by atoms with E-state index in [1.54, 1.807) is 18.2 Å². The number of carbonyl (C=O) groups excluding carboxylic acids is 2. The van der Waals surface area contributed by atoms with Crippen molar-refractivity contribution in [1.82, 2.24) is 0 Å². The summed E-state index contributed by atoms with van der Waals surface area (Å²) in [7, 11) is -2.72. The lowest BCUT2D eigenvalue weighted by molar-refractivity contribution is 0.101. The minimum absolute atomic E-state index is 0.0523. The third-order valence-corrected chi connectivity index (χ3v) is 6.67. The zero-order chi connectivity index (χ0) is 22.8. The number of anilines is 2. The van der Waals surface area contributed by atoms with Crippen molar-refractivity contribution in [2.24, 2.45) is 0 Å². The van der Waals surface area contributed by atoms with Crippen molar-refractivity contribution < 1.29 is 22.4 Å². The molecule has 3 aromatic rings. The van der Waals surface area contributed by atoms with Crippen LogP contribution in [0.3, 0.4) is 0 Å². The number of amides is 1. The molecule has 0 unspecified atom stereocenters. The molecule has 31 heavy (non-hydrogen) atoms. The van der Waals surface area contributed by atoms with E-state index < -0.39 is 21.7 Å². The minimum atomic E-state index is -4.04. The van der Waals surface area contributed by atoms with Gasteiger partial charge in [0.05, 0.1) is 21.2 Å². The van der Waals surface area contributed by atoms with Crippen molar-refractivity contribution in [3.8, 4) is 0 Å². The van der Waals surface area contributed by atoms with Crippen molar-refractivity contribution >= 4 is 44.7 Å². The van der Waals surface area contributed by atoms with Gasteiger partial charge in [0.2, 0.25) is 0 Å². The highest BCUT2D eigenvalue weighted by Gasteiger charge is 2.24. The molecule has 160 valence electrons. The summed E-state index contributed by atoms with van der Waals surface area (Å²) < 4.78 is 40.1. The number of Topliss-reactive ketones (excluding diaryl/α,β-unsaturated/α-hetero) is 1. The summed E-state index contributed by atoms with van der Waals surface area (Å²) in [6.07, 6.45) is 0. The molecule has 0 fully saturated rings. The highest BCUT2D eigenvalue weighted by molar-refractivity contribution is 7.92. The zero-order valence-electron chi connectivity index (χ0n) is 16.6. The number of benzene rings is 3. The normalized spacial score (nSPS) is 11.1. The summed E-state index contributed by atoms with van der Waals surface area (Å²) in [6.45, 7) is 1.41. The molecule has 9 heteroatoms. The highest BCUT2D eigenvalue weighted by atomic mass is 35.5. The van der Waals surface area contributed by atoms with Gasteiger partial charge in [0.25, 0.3) is 15.9 Å². The Kier molecular flexibility index (Phi) is 6.42. The lowest BCUT2D eigenvalue weighted by Crippen LogP contribution is -2.27.